The second kappa shape index (κ2) is 16.7. The molecule has 16 nitrogen and oxygen atoms in total. The van der Waals surface area contributed by atoms with Crippen LogP contribution in [0.4, 0.5) is 0 Å². The van der Waals surface area contributed by atoms with E-state index in [1.807, 2.05) is 0 Å². The molecular weight excluding hydrogens is 749 g/mol. The van der Waals surface area contributed by atoms with Crippen molar-refractivity contribution in [1.82, 2.24) is 35.2 Å². The van der Waals surface area contributed by atoms with Gasteiger partial charge in [0.25, 0.3) is 11.8 Å². The van der Waals surface area contributed by atoms with Crippen molar-refractivity contribution < 1.29 is 37.5 Å². The van der Waals surface area contributed by atoms with Crippen molar-refractivity contribution in [3.05, 3.63) is 41.7 Å². The molecule has 6 N–H and O–H groups in total. The second-order valence-corrected chi connectivity index (χ2v) is 19.0. The Morgan fingerprint density at radius 1 is 1.02 bits per heavy atom. The minimum absolute atomic E-state index is 0.0204. The van der Waals surface area contributed by atoms with Crippen LogP contribution in [-0.2, 0) is 34.8 Å². The Balaban J connectivity index is 1.28. The predicted molar refractivity (Wildman–Crippen MR) is 203 cm³/mol. The van der Waals surface area contributed by atoms with E-state index in [2.05, 4.69) is 25.7 Å². The number of aliphatic hydroxyl groups is 1. The zero-order valence-corrected chi connectivity index (χ0v) is 33.0. The summed E-state index contributed by atoms with van der Waals surface area (Å²) in [6.07, 6.45) is 8.95. The van der Waals surface area contributed by atoms with E-state index < -0.39 is 68.7 Å². The van der Waals surface area contributed by atoms with E-state index in [1.165, 1.54) is 40.0 Å². The Morgan fingerprint density at radius 2 is 1.69 bits per heavy atom. The molecule has 1 aromatic heterocycles. The summed E-state index contributed by atoms with van der Waals surface area (Å²) in [4.78, 5) is 69.8. The molecule has 2 aliphatic carbocycles. The number of benzene rings is 1. The summed E-state index contributed by atoms with van der Waals surface area (Å²) in [5.74, 6) is -2.27. The molecule has 3 atom stereocenters. The Labute approximate surface area is 325 Å². The number of ketones is 1. The van der Waals surface area contributed by atoms with Gasteiger partial charge in [0, 0.05) is 25.1 Å². The van der Waals surface area contributed by atoms with E-state index in [0.717, 1.165) is 44.9 Å². The van der Waals surface area contributed by atoms with Gasteiger partial charge in [-0.1, -0.05) is 37.3 Å². The Hall–Kier alpha value is -3.87. The first-order valence-electron chi connectivity index (χ1n) is 19.2. The number of primary amides is 1. The van der Waals surface area contributed by atoms with E-state index in [-0.39, 0.29) is 42.2 Å². The second-order valence-electron chi connectivity index (χ2n) is 16.0. The van der Waals surface area contributed by atoms with Crippen LogP contribution in [-0.4, -0.2) is 105 Å². The lowest BCUT2D eigenvalue weighted by atomic mass is 9.84. The number of aromatic nitrogens is 3. The average molecular weight is 801 g/mol. The molecule has 2 aliphatic heterocycles. The number of likely N-dealkylation sites (tertiary alicyclic amines) is 1. The molecule has 4 amide bonds. The first-order chi connectivity index (χ1) is 26.1. The average Bonchev–Trinajstić information content (AvgIpc) is 3.65. The number of carbonyl (C=O) groups excluding carboxylic acids is 5. The van der Waals surface area contributed by atoms with Gasteiger partial charge in [-0.3, -0.25) is 24.0 Å². The van der Waals surface area contributed by atoms with Crippen LogP contribution in [0.15, 0.2) is 35.4 Å². The Bertz CT molecular complexity index is 1860. The van der Waals surface area contributed by atoms with E-state index in [1.54, 1.807) is 25.6 Å². The molecular formula is C37H52N8O8S2. The van der Waals surface area contributed by atoms with Crippen LogP contribution in [0, 0.1) is 11.8 Å². The molecule has 6 rings (SSSR count). The van der Waals surface area contributed by atoms with Crippen LogP contribution in [0.2, 0.25) is 0 Å². The zero-order chi connectivity index (χ0) is 39.5. The topological polar surface area (TPSA) is 236 Å². The number of nitrogens with zero attached hydrogens (tertiary/aromatic N) is 4. The summed E-state index contributed by atoms with van der Waals surface area (Å²) in [7, 11) is -3.76. The fourth-order valence-electron chi connectivity index (χ4n) is 7.96. The highest BCUT2D eigenvalue weighted by molar-refractivity contribution is 7.99. The minimum Gasteiger partial charge on any atom is -0.384 e. The monoisotopic (exact) mass is 800 g/mol. The number of hydrogen-bond donors (Lipinski definition) is 5. The van der Waals surface area contributed by atoms with Crippen molar-refractivity contribution in [3.63, 3.8) is 0 Å². The van der Waals surface area contributed by atoms with Crippen LogP contribution >= 0.6 is 11.8 Å². The maximum absolute atomic E-state index is 14.8. The van der Waals surface area contributed by atoms with Crippen molar-refractivity contribution >= 4 is 51.2 Å². The molecule has 1 unspecified atom stereocenters. The Morgan fingerprint density at radius 3 is 2.31 bits per heavy atom. The molecule has 2 saturated heterocycles. The summed E-state index contributed by atoms with van der Waals surface area (Å²) >= 11 is 1.59. The van der Waals surface area contributed by atoms with Crippen molar-refractivity contribution in [3.8, 4) is 0 Å². The fraction of sp³-hybridized carbons (Fsp3) is 0.649. The molecule has 4 aliphatic rings. The molecule has 2 aromatic rings. The SMILES string of the molecule is CC(C)(O)c1cnnn1[C@H]1C[C@@H](C(=O)NC2(C(=O)C(N)=O)CCSCC2)N(C(=O)C(CC2CCCCC2)NC(=O)c2ccc(S(=O)(=O)NCC3CC3)cc2)C1. The van der Waals surface area contributed by atoms with Crippen molar-refractivity contribution in [2.45, 2.75) is 119 Å². The molecule has 4 fully saturated rings. The van der Waals surface area contributed by atoms with Gasteiger partial charge in [0.15, 0.2) is 0 Å². The van der Waals surface area contributed by atoms with Gasteiger partial charge in [-0.2, -0.15) is 11.8 Å². The number of hydrogen-bond acceptors (Lipinski definition) is 11. The van der Waals surface area contributed by atoms with Gasteiger partial charge in [-0.15, -0.1) is 5.10 Å². The largest absolute Gasteiger partial charge is 0.384 e. The smallest absolute Gasteiger partial charge is 0.287 e. The van der Waals surface area contributed by atoms with Gasteiger partial charge in [0.05, 0.1) is 22.8 Å². The highest BCUT2D eigenvalue weighted by Crippen LogP contribution is 2.35. The number of nitrogens with two attached hydrogens (primary N) is 1. The van der Waals surface area contributed by atoms with Crippen LogP contribution in [0.25, 0.3) is 0 Å². The molecule has 55 heavy (non-hydrogen) atoms. The Kier molecular flexibility index (Phi) is 12.4. The summed E-state index contributed by atoms with van der Waals surface area (Å²) in [5.41, 5.74) is 3.12. The van der Waals surface area contributed by atoms with E-state index >= 15 is 0 Å². The number of sulfonamides is 1. The van der Waals surface area contributed by atoms with E-state index in [9.17, 15) is 37.5 Å². The molecule has 3 heterocycles. The highest BCUT2D eigenvalue weighted by atomic mass is 32.2. The number of Topliss-reactive ketones (excluding diaryl/α,β-unsaturated/α-hetero) is 1. The molecule has 18 heteroatoms. The lowest BCUT2D eigenvalue weighted by molar-refractivity contribution is -0.145. The third-order valence-electron chi connectivity index (χ3n) is 11.4. The first kappa shape index (κ1) is 40.8. The van der Waals surface area contributed by atoms with Crippen LogP contribution in [0.1, 0.15) is 107 Å². The zero-order valence-electron chi connectivity index (χ0n) is 31.4. The molecule has 2 saturated carbocycles. The van der Waals surface area contributed by atoms with E-state index in [4.69, 9.17) is 5.73 Å². The van der Waals surface area contributed by atoms with Crippen molar-refractivity contribution in [2.75, 3.05) is 24.6 Å². The maximum Gasteiger partial charge on any atom is 0.287 e. The van der Waals surface area contributed by atoms with Crippen molar-refractivity contribution in [1.29, 1.82) is 0 Å². The fourth-order valence-corrected chi connectivity index (χ4v) is 10.3. The van der Waals surface area contributed by atoms with E-state index in [0.29, 0.717) is 36.1 Å². The summed E-state index contributed by atoms with van der Waals surface area (Å²) in [6.45, 7) is 3.50. The predicted octanol–water partition coefficient (Wildman–Crippen LogP) is 1.54. The number of amides is 4. The van der Waals surface area contributed by atoms with Gasteiger partial charge in [0.1, 0.15) is 23.2 Å². The summed E-state index contributed by atoms with van der Waals surface area (Å²) in [5, 5.41) is 24.9. The molecule has 0 bridgehead atoms. The number of rotatable bonds is 15. The standard InChI is InChI=1S/C37H52N8O8S2/c1-36(2,51)30-21-39-43-45(30)26-19-29(34(49)42-37(31(46)32(38)47)14-16-54-17-15-37)44(22-26)35(50)28(18-23-6-4-3-5-7-23)41-33(48)25-10-12-27(13-11-25)55(52,53)40-20-24-8-9-24/h10-13,21,23-24,26,28-29,40,51H,3-9,14-20,22H2,1-2H3,(H2,38,47)(H,41,48)(H,42,49)/t26-,28?,29-/m0/s1. The van der Waals surface area contributed by atoms with Crippen LogP contribution in [0.5, 0.6) is 0 Å². The lowest BCUT2D eigenvalue weighted by Gasteiger charge is -2.37. The molecule has 1 aromatic carbocycles. The summed E-state index contributed by atoms with van der Waals surface area (Å²) in [6, 6.07) is 2.74. The summed E-state index contributed by atoms with van der Waals surface area (Å²) < 4.78 is 29.7. The number of nitrogens with one attached hydrogen (secondary N) is 3. The van der Waals surface area contributed by atoms with Crippen molar-refractivity contribution in [2.24, 2.45) is 17.6 Å². The minimum atomic E-state index is -3.76. The molecule has 0 spiro atoms. The van der Waals surface area contributed by atoms with Gasteiger partial charge in [-0.25, -0.2) is 17.8 Å². The van der Waals surface area contributed by atoms with Gasteiger partial charge in [-0.05, 0) is 93.6 Å². The molecule has 300 valence electrons. The lowest BCUT2D eigenvalue weighted by Crippen LogP contribution is -2.63. The van der Waals surface area contributed by atoms with Gasteiger partial charge in [0.2, 0.25) is 27.6 Å². The normalized spacial score (nSPS) is 22.5. The third kappa shape index (κ3) is 9.57. The first-order valence-corrected chi connectivity index (χ1v) is 21.8. The maximum atomic E-state index is 14.8. The van der Waals surface area contributed by atoms with Gasteiger partial charge < -0.3 is 26.4 Å². The van der Waals surface area contributed by atoms with Crippen LogP contribution < -0.4 is 21.1 Å². The quantitative estimate of drug-likeness (QED) is 0.162. The highest BCUT2D eigenvalue weighted by Gasteiger charge is 2.49. The van der Waals surface area contributed by atoms with Crippen LogP contribution in [0.3, 0.4) is 0 Å². The molecule has 0 radical (unpaired) electrons. The number of carbonyl (C=O) groups is 5. The van der Waals surface area contributed by atoms with Gasteiger partial charge >= 0.3 is 0 Å². The third-order valence-corrected chi connectivity index (χ3v) is 13.8. The number of thioether (sulfide) groups is 1.